The Balaban J connectivity index is 1.52. The van der Waals surface area contributed by atoms with Crippen LogP contribution in [0.1, 0.15) is 10.4 Å². The van der Waals surface area contributed by atoms with Gasteiger partial charge in [0.15, 0.2) is 15.6 Å². The van der Waals surface area contributed by atoms with Crippen molar-refractivity contribution < 1.29 is 61.4 Å². The first-order chi connectivity index (χ1) is 21.2. The van der Waals surface area contributed by atoms with Crippen molar-refractivity contribution in [1.82, 2.24) is 0 Å². The lowest BCUT2D eigenvalue weighted by Gasteiger charge is -2.09. The van der Waals surface area contributed by atoms with E-state index in [0.717, 1.165) is 24.3 Å². The van der Waals surface area contributed by atoms with Gasteiger partial charge in [0, 0.05) is 16.6 Å². The summed E-state index contributed by atoms with van der Waals surface area (Å²) in [6.07, 6.45) is 0. The minimum absolute atomic E-state index is 0.0160. The van der Waals surface area contributed by atoms with E-state index in [-0.39, 0.29) is 32.6 Å². The Morgan fingerprint density at radius 3 is 1.91 bits per heavy atom. The standard InChI is InChI=1S/C25H21N3O14S4/c29-24-22(45(36,37)38)14-16-13-20(44(33,34)35)9-10-21(16)23(24)28-27-18-3-1-15(2-4-18)25(30)26-17-5-7-19(8-6-17)43(31,32)12-11-42-46(39,40)41/h1-10,13-14,29H,11-12H2,(H,26,30)(H,33,34,35)(H,36,37,38)(H,39,40,41). The number of anilines is 1. The summed E-state index contributed by atoms with van der Waals surface area (Å²) in [6.45, 7) is -0.804. The molecule has 4 rings (SSSR count). The number of nitrogens with zero attached hydrogens (tertiary/aromatic N) is 2. The zero-order valence-corrected chi connectivity index (χ0v) is 26.0. The number of carbonyl (C=O) groups is 1. The number of aromatic hydroxyl groups is 1. The molecule has 46 heavy (non-hydrogen) atoms. The molecule has 17 nitrogen and oxygen atoms in total. The van der Waals surface area contributed by atoms with E-state index in [1.54, 1.807) is 0 Å². The molecule has 0 fully saturated rings. The van der Waals surface area contributed by atoms with Gasteiger partial charge in [-0.05, 0) is 72.1 Å². The summed E-state index contributed by atoms with van der Waals surface area (Å²) < 4.78 is 124. The molecule has 0 saturated heterocycles. The van der Waals surface area contributed by atoms with Crippen LogP contribution >= 0.6 is 0 Å². The first-order valence-electron chi connectivity index (χ1n) is 12.3. The first kappa shape index (κ1) is 34.5. The molecule has 0 heterocycles. The maximum absolute atomic E-state index is 12.7. The second kappa shape index (κ2) is 12.8. The fourth-order valence-corrected chi connectivity index (χ4v) is 6.51. The summed E-state index contributed by atoms with van der Waals surface area (Å²) in [6, 6.07) is 14.1. The number of phenolic OH excluding ortho intramolecular Hbond substituents is 1. The third kappa shape index (κ3) is 8.46. The van der Waals surface area contributed by atoms with E-state index in [2.05, 4.69) is 19.7 Å². The van der Waals surface area contributed by atoms with Gasteiger partial charge in [-0.3, -0.25) is 18.5 Å². The predicted molar refractivity (Wildman–Crippen MR) is 160 cm³/mol. The summed E-state index contributed by atoms with van der Waals surface area (Å²) in [5.41, 5.74) is -0.00810. The van der Waals surface area contributed by atoms with Crippen LogP contribution in [-0.4, -0.2) is 70.7 Å². The molecule has 0 saturated carbocycles. The normalized spacial score (nSPS) is 12.8. The molecule has 0 atom stereocenters. The third-order valence-corrected chi connectivity index (χ3v) is 9.92. The molecule has 0 aliphatic rings. The molecular formula is C25H21N3O14S4. The van der Waals surface area contributed by atoms with Crippen LogP contribution in [0.15, 0.2) is 97.7 Å². The molecule has 21 heteroatoms. The molecule has 0 aliphatic carbocycles. The Labute approximate surface area is 261 Å². The molecule has 4 aromatic carbocycles. The number of benzene rings is 4. The number of phenols is 1. The maximum Gasteiger partial charge on any atom is 0.397 e. The molecule has 0 bridgehead atoms. The quantitative estimate of drug-likeness (QED) is 0.110. The van der Waals surface area contributed by atoms with Crippen molar-refractivity contribution in [3.63, 3.8) is 0 Å². The molecule has 0 aliphatic heterocycles. The lowest BCUT2D eigenvalue weighted by atomic mass is 10.1. The second-order valence-electron chi connectivity index (χ2n) is 9.20. The number of rotatable bonds is 11. The van der Waals surface area contributed by atoms with Crippen LogP contribution in [0, 0.1) is 0 Å². The van der Waals surface area contributed by atoms with Gasteiger partial charge in [-0.1, -0.05) is 6.07 Å². The molecule has 0 aromatic heterocycles. The average Bonchev–Trinajstić information content (AvgIpc) is 2.95. The third-order valence-electron chi connectivity index (χ3n) is 6.05. The highest BCUT2D eigenvalue weighted by Crippen LogP contribution is 2.42. The molecule has 0 spiro atoms. The molecule has 4 aromatic rings. The van der Waals surface area contributed by atoms with E-state index in [4.69, 9.17) is 4.55 Å². The summed E-state index contributed by atoms with van der Waals surface area (Å²) in [5, 5.41) is 20.7. The van der Waals surface area contributed by atoms with E-state index < -0.39 is 80.0 Å². The number of amides is 1. The predicted octanol–water partition coefficient (Wildman–Crippen LogP) is 3.30. The molecule has 0 radical (unpaired) electrons. The molecule has 244 valence electrons. The Bertz CT molecular complexity index is 2310. The van der Waals surface area contributed by atoms with Crippen LogP contribution in [0.4, 0.5) is 17.1 Å². The van der Waals surface area contributed by atoms with Gasteiger partial charge in [0.05, 0.1) is 27.8 Å². The highest BCUT2D eigenvalue weighted by molar-refractivity contribution is 7.91. The number of nitrogens with one attached hydrogen (secondary N) is 1. The zero-order chi connectivity index (χ0) is 34.1. The van der Waals surface area contributed by atoms with Crippen molar-refractivity contribution in [2.24, 2.45) is 10.2 Å². The van der Waals surface area contributed by atoms with Crippen LogP contribution < -0.4 is 5.32 Å². The van der Waals surface area contributed by atoms with Gasteiger partial charge < -0.3 is 10.4 Å². The smallest absolute Gasteiger partial charge is 0.397 e. The minimum Gasteiger partial charge on any atom is -0.504 e. The number of carbonyl (C=O) groups excluding carboxylic acids is 1. The van der Waals surface area contributed by atoms with Crippen molar-refractivity contribution in [2.75, 3.05) is 17.7 Å². The summed E-state index contributed by atoms with van der Waals surface area (Å²) in [7, 11) is -18.5. The van der Waals surface area contributed by atoms with Crippen molar-refractivity contribution in [3.05, 3.63) is 78.4 Å². The average molecular weight is 716 g/mol. The topological polar surface area (TPSA) is 281 Å². The van der Waals surface area contributed by atoms with Gasteiger partial charge in [-0.2, -0.15) is 30.4 Å². The fourth-order valence-electron chi connectivity index (χ4n) is 3.89. The Kier molecular flexibility index (Phi) is 9.61. The van der Waals surface area contributed by atoms with Gasteiger partial charge in [0.1, 0.15) is 10.6 Å². The Morgan fingerprint density at radius 2 is 1.35 bits per heavy atom. The SMILES string of the molecule is O=C(Nc1ccc(S(=O)(=O)CCOS(=O)(=O)O)cc1)c1ccc(N=Nc2c(O)c(S(=O)(=O)O)cc3cc(S(=O)(=O)O)ccc23)cc1. The lowest BCUT2D eigenvalue weighted by Crippen LogP contribution is -2.15. The monoisotopic (exact) mass is 715 g/mol. The molecular weight excluding hydrogens is 695 g/mol. The van der Waals surface area contributed by atoms with E-state index >= 15 is 0 Å². The Hall–Kier alpha value is -4.35. The van der Waals surface area contributed by atoms with Crippen LogP contribution in [-0.2, 0) is 44.7 Å². The molecule has 1 amide bonds. The highest BCUT2D eigenvalue weighted by atomic mass is 32.3. The van der Waals surface area contributed by atoms with E-state index in [9.17, 15) is 52.7 Å². The van der Waals surface area contributed by atoms with Crippen molar-refractivity contribution in [3.8, 4) is 5.75 Å². The van der Waals surface area contributed by atoms with Gasteiger partial charge in [-0.15, -0.1) is 5.11 Å². The molecule has 5 N–H and O–H groups in total. The minimum atomic E-state index is -5.01. The van der Waals surface area contributed by atoms with Crippen LogP contribution in [0.25, 0.3) is 10.8 Å². The summed E-state index contributed by atoms with van der Waals surface area (Å²) >= 11 is 0. The van der Waals surface area contributed by atoms with E-state index in [0.29, 0.717) is 0 Å². The second-order valence-corrected chi connectivity index (χ2v) is 15.2. The van der Waals surface area contributed by atoms with Gasteiger partial charge >= 0.3 is 10.4 Å². The number of fused-ring (bicyclic) bond motifs is 1. The van der Waals surface area contributed by atoms with Crippen LogP contribution in [0.3, 0.4) is 0 Å². The van der Waals surface area contributed by atoms with E-state index in [1.165, 1.54) is 48.5 Å². The van der Waals surface area contributed by atoms with Gasteiger partial charge in [-0.25, -0.2) is 12.6 Å². The van der Waals surface area contributed by atoms with E-state index in [1.807, 2.05) is 0 Å². The van der Waals surface area contributed by atoms with Crippen LogP contribution in [0.2, 0.25) is 0 Å². The number of hydrogen-bond acceptors (Lipinski definition) is 13. The zero-order valence-electron chi connectivity index (χ0n) is 22.7. The maximum atomic E-state index is 12.7. The van der Waals surface area contributed by atoms with Crippen molar-refractivity contribution >= 4 is 74.2 Å². The van der Waals surface area contributed by atoms with Crippen molar-refractivity contribution in [1.29, 1.82) is 0 Å². The fraction of sp³-hybridized carbons (Fsp3) is 0.0800. The van der Waals surface area contributed by atoms with Crippen LogP contribution in [0.5, 0.6) is 5.75 Å². The van der Waals surface area contributed by atoms with Crippen molar-refractivity contribution in [2.45, 2.75) is 14.7 Å². The Morgan fingerprint density at radius 1 is 0.739 bits per heavy atom. The summed E-state index contributed by atoms with van der Waals surface area (Å²) in [5.74, 6) is -2.33. The van der Waals surface area contributed by atoms with Gasteiger partial charge in [0.25, 0.3) is 26.1 Å². The number of sulfone groups is 1. The summed E-state index contributed by atoms with van der Waals surface area (Å²) in [4.78, 5) is 10.9. The van der Waals surface area contributed by atoms with Gasteiger partial charge in [0.2, 0.25) is 0 Å². The highest BCUT2D eigenvalue weighted by Gasteiger charge is 2.23. The largest absolute Gasteiger partial charge is 0.504 e. The first-order valence-corrected chi connectivity index (χ1v) is 18.2. The molecule has 0 unspecified atom stereocenters. The number of hydrogen-bond donors (Lipinski definition) is 5. The number of azo groups is 1. The lowest BCUT2D eigenvalue weighted by molar-refractivity contribution is 0.102.